The molecule has 4 rings (SSSR count). The van der Waals surface area contributed by atoms with E-state index in [1.54, 1.807) is 0 Å². The lowest BCUT2D eigenvalue weighted by atomic mass is 10.0. The quantitative estimate of drug-likeness (QED) is 0.828. The summed E-state index contributed by atoms with van der Waals surface area (Å²) in [5.41, 5.74) is 2.38. The van der Waals surface area contributed by atoms with Gasteiger partial charge >= 0.3 is 0 Å². The van der Waals surface area contributed by atoms with Crippen molar-refractivity contribution in [3.05, 3.63) is 59.4 Å². The van der Waals surface area contributed by atoms with Crippen LogP contribution in [0.15, 0.2) is 42.5 Å². The standard InChI is InChI=1S/C21H23FN2O3/c1-23(12-15-10-17(22)11-16-13-26-14-27-20(15)16)19-8-5-9-24(21(19)25)18-6-3-2-4-7-18/h2-4,6-7,10-11,19H,5,8-9,12-14H2,1H3. The Labute approximate surface area is 158 Å². The number of nitrogens with zero attached hydrogens (tertiary/aromatic N) is 2. The Morgan fingerprint density at radius 1 is 1.26 bits per heavy atom. The van der Waals surface area contributed by atoms with Crippen molar-refractivity contribution in [3.8, 4) is 5.75 Å². The van der Waals surface area contributed by atoms with Crippen molar-refractivity contribution in [1.82, 2.24) is 4.90 Å². The van der Waals surface area contributed by atoms with Gasteiger partial charge in [0.2, 0.25) is 5.91 Å². The number of ether oxygens (including phenoxy) is 2. The van der Waals surface area contributed by atoms with Crippen molar-refractivity contribution < 1.29 is 18.7 Å². The fraction of sp³-hybridized carbons (Fsp3) is 0.381. The minimum Gasteiger partial charge on any atom is -0.467 e. The van der Waals surface area contributed by atoms with Crippen LogP contribution in [0.1, 0.15) is 24.0 Å². The van der Waals surface area contributed by atoms with Crippen LogP contribution in [-0.4, -0.2) is 37.2 Å². The zero-order chi connectivity index (χ0) is 18.8. The highest BCUT2D eigenvalue weighted by Crippen LogP contribution is 2.31. The second-order valence-electron chi connectivity index (χ2n) is 7.06. The van der Waals surface area contributed by atoms with E-state index in [2.05, 4.69) is 0 Å². The predicted octanol–water partition coefficient (Wildman–Crippen LogP) is 3.32. The molecular weight excluding hydrogens is 347 g/mol. The van der Waals surface area contributed by atoms with Crippen LogP contribution in [0.4, 0.5) is 10.1 Å². The summed E-state index contributed by atoms with van der Waals surface area (Å²) in [6, 6.07) is 12.4. The molecule has 27 heavy (non-hydrogen) atoms. The molecule has 2 aromatic rings. The average Bonchev–Trinajstić information content (AvgIpc) is 2.68. The number of piperidine rings is 1. The van der Waals surface area contributed by atoms with Gasteiger partial charge in [-0.2, -0.15) is 0 Å². The van der Waals surface area contributed by atoms with E-state index in [9.17, 15) is 9.18 Å². The van der Waals surface area contributed by atoms with Crippen molar-refractivity contribution in [3.63, 3.8) is 0 Å². The molecule has 1 amide bonds. The zero-order valence-electron chi connectivity index (χ0n) is 15.4. The Hall–Kier alpha value is -2.44. The third-order valence-electron chi connectivity index (χ3n) is 5.18. The highest BCUT2D eigenvalue weighted by Gasteiger charge is 2.33. The molecule has 0 aromatic heterocycles. The van der Waals surface area contributed by atoms with Gasteiger partial charge in [-0.3, -0.25) is 9.69 Å². The van der Waals surface area contributed by atoms with Gasteiger partial charge in [0.1, 0.15) is 11.6 Å². The molecule has 2 aliphatic rings. The molecule has 0 aliphatic carbocycles. The molecular formula is C21H23FN2O3. The van der Waals surface area contributed by atoms with Crippen molar-refractivity contribution in [1.29, 1.82) is 0 Å². The summed E-state index contributed by atoms with van der Waals surface area (Å²) in [6.45, 7) is 1.68. The minimum atomic E-state index is -0.313. The van der Waals surface area contributed by atoms with Crippen molar-refractivity contribution in [2.24, 2.45) is 0 Å². The van der Waals surface area contributed by atoms with E-state index in [1.165, 1.54) is 12.1 Å². The molecule has 2 heterocycles. The Bertz CT molecular complexity index is 828. The summed E-state index contributed by atoms with van der Waals surface area (Å²) in [4.78, 5) is 16.9. The van der Waals surface area contributed by atoms with E-state index < -0.39 is 0 Å². The van der Waals surface area contributed by atoms with Crippen LogP contribution in [0.2, 0.25) is 0 Å². The van der Waals surface area contributed by atoms with E-state index >= 15 is 0 Å². The van der Waals surface area contributed by atoms with Gasteiger partial charge in [-0.05, 0) is 44.2 Å². The first kappa shape index (κ1) is 17.9. The summed E-state index contributed by atoms with van der Waals surface area (Å²) in [5, 5.41) is 0. The van der Waals surface area contributed by atoms with Crippen LogP contribution in [0.5, 0.6) is 5.75 Å². The van der Waals surface area contributed by atoms with Gasteiger partial charge in [0, 0.05) is 29.9 Å². The van der Waals surface area contributed by atoms with Gasteiger partial charge in [0.15, 0.2) is 6.79 Å². The summed E-state index contributed by atoms with van der Waals surface area (Å²) >= 11 is 0. The number of benzene rings is 2. The number of fused-ring (bicyclic) bond motifs is 1. The van der Waals surface area contributed by atoms with Crippen LogP contribution in [0.3, 0.4) is 0 Å². The monoisotopic (exact) mass is 370 g/mol. The minimum absolute atomic E-state index is 0.0875. The molecule has 1 saturated heterocycles. The number of amides is 1. The fourth-order valence-electron chi connectivity index (χ4n) is 3.88. The number of rotatable bonds is 4. The van der Waals surface area contributed by atoms with Gasteiger partial charge in [-0.15, -0.1) is 0 Å². The molecule has 0 radical (unpaired) electrons. The van der Waals surface area contributed by atoms with E-state index in [0.717, 1.165) is 30.6 Å². The number of anilines is 1. The third kappa shape index (κ3) is 3.68. The van der Waals surface area contributed by atoms with Crippen molar-refractivity contribution >= 4 is 11.6 Å². The summed E-state index contributed by atoms with van der Waals surface area (Å²) < 4.78 is 24.9. The Morgan fingerprint density at radius 3 is 2.89 bits per heavy atom. The van der Waals surface area contributed by atoms with E-state index in [1.807, 2.05) is 47.2 Å². The van der Waals surface area contributed by atoms with Crippen LogP contribution < -0.4 is 9.64 Å². The van der Waals surface area contributed by atoms with Gasteiger partial charge in [0.05, 0.1) is 12.6 Å². The van der Waals surface area contributed by atoms with Crippen LogP contribution >= 0.6 is 0 Å². The van der Waals surface area contributed by atoms with Gasteiger partial charge in [0.25, 0.3) is 0 Å². The van der Waals surface area contributed by atoms with Crippen LogP contribution in [0.25, 0.3) is 0 Å². The second kappa shape index (κ2) is 7.66. The molecule has 0 N–H and O–H groups in total. The largest absolute Gasteiger partial charge is 0.467 e. The van der Waals surface area contributed by atoms with E-state index in [0.29, 0.717) is 24.5 Å². The second-order valence-corrected chi connectivity index (χ2v) is 7.06. The summed E-state index contributed by atoms with van der Waals surface area (Å²) in [6.07, 6.45) is 1.72. The van der Waals surface area contributed by atoms with Crippen molar-refractivity contribution in [2.45, 2.75) is 32.0 Å². The molecule has 1 atom stereocenters. The Balaban J connectivity index is 1.54. The first-order valence-electron chi connectivity index (χ1n) is 9.22. The average molecular weight is 370 g/mol. The summed E-state index contributed by atoms with van der Waals surface area (Å²) in [5.74, 6) is 0.453. The predicted molar refractivity (Wildman–Crippen MR) is 100.0 cm³/mol. The highest BCUT2D eigenvalue weighted by atomic mass is 19.1. The molecule has 6 heteroatoms. The topological polar surface area (TPSA) is 42.0 Å². The fourth-order valence-corrected chi connectivity index (χ4v) is 3.88. The first-order chi connectivity index (χ1) is 13.1. The molecule has 142 valence electrons. The molecule has 5 nitrogen and oxygen atoms in total. The molecule has 1 fully saturated rings. The smallest absolute Gasteiger partial charge is 0.244 e. The highest BCUT2D eigenvalue weighted by molar-refractivity contribution is 5.97. The lowest BCUT2D eigenvalue weighted by Gasteiger charge is -2.37. The lowest BCUT2D eigenvalue weighted by molar-refractivity contribution is -0.125. The lowest BCUT2D eigenvalue weighted by Crippen LogP contribution is -2.51. The Kier molecular flexibility index (Phi) is 5.09. The number of para-hydroxylation sites is 1. The molecule has 0 saturated carbocycles. The van der Waals surface area contributed by atoms with Gasteiger partial charge in [-0.1, -0.05) is 18.2 Å². The van der Waals surface area contributed by atoms with Gasteiger partial charge in [-0.25, -0.2) is 4.39 Å². The van der Waals surface area contributed by atoms with E-state index in [-0.39, 0.29) is 24.6 Å². The first-order valence-corrected chi connectivity index (χ1v) is 9.22. The number of hydrogen-bond donors (Lipinski definition) is 0. The number of halogens is 1. The maximum Gasteiger partial charge on any atom is 0.244 e. The maximum atomic E-state index is 14.0. The zero-order valence-corrected chi connectivity index (χ0v) is 15.4. The van der Waals surface area contributed by atoms with Crippen LogP contribution in [0, 0.1) is 5.82 Å². The molecule has 2 aliphatic heterocycles. The van der Waals surface area contributed by atoms with E-state index in [4.69, 9.17) is 9.47 Å². The molecule has 0 spiro atoms. The normalized spacial score (nSPS) is 19.7. The molecule has 2 aromatic carbocycles. The SMILES string of the molecule is CN(Cc1cc(F)cc2c1OCOC2)C1CCCN(c2ccccc2)C1=O. The Morgan fingerprint density at radius 2 is 2.07 bits per heavy atom. The number of likely N-dealkylation sites (N-methyl/N-ethyl adjacent to an activating group) is 1. The molecule has 0 bridgehead atoms. The number of carbonyl (C=O) groups excluding carboxylic acids is 1. The van der Waals surface area contributed by atoms with Crippen molar-refractivity contribution in [2.75, 3.05) is 25.3 Å². The van der Waals surface area contributed by atoms with Gasteiger partial charge < -0.3 is 14.4 Å². The number of hydrogen-bond acceptors (Lipinski definition) is 4. The summed E-state index contributed by atoms with van der Waals surface area (Å²) in [7, 11) is 1.91. The number of carbonyl (C=O) groups is 1. The maximum absolute atomic E-state index is 14.0. The van der Waals surface area contributed by atoms with Crippen LogP contribution in [-0.2, 0) is 22.7 Å². The third-order valence-corrected chi connectivity index (χ3v) is 5.18. The molecule has 1 unspecified atom stereocenters.